The average molecular weight is 997 g/mol. The molecule has 4 N–H and O–H groups in total. The maximum absolute atomic E-state index is 12.9. The minimum absolute atomic E-state index is 0.149. The molecule has 0 radical (unpaired) electrons. The van der Waals surface area contributed by atoms with Crippen LogP contribution in [0, 0.1) is 0 Å². The molecule has 0 amide bonds. The third kappa shape index (κ3) is 39.9. The summed E-state index contributed by atoms with van der Waals surface area (Å²) >= 11 is 0. The number of hydrogen-bond acceptors (Lipinski definition) is 11. The van der Waals surface area contributed by atoms with E-state index in [1.165, 1.54) is 116 Å². The number of aliphatic hydroxyl groups is 3. The second kappa shape index (κ2) is 45.5. The molecular formula is C56H100O12S. The van der Waals surface area contributed by atoms with Gasteiger partial charge in [-0.2, -0.15) is 8.42 Å². The first-order valence-electron chi connectivity index (χ1n) is 27.7. The van der Waals surface area contributed by atoms with Crippen LogP contribution in [0.3, 0.4) is 0 Å². The molecule has 0 aromatic rings. The number of ether oxygens (including phenoxy) is 4. The number of carbonyl (C=O) groups is 2. The van der Waals surface area contributed by atoms with Crippen LogP contribution in [0.15, 0.2) is 48.6 Å². The Morgan fingerprint density at radius 3 is 1.36 bits per heavy atom. The van der Waals surface area contributed by atoms with Crippen LogP contribution in [0.5, 0.6) is 0 Å². The molecule has 1 aliphatic rings. The van der Waals surface area contributed by atoms with Gasteiger partial charge in [-0.1, -0.05) is 223 Å². The lowest BCUT2D eigenvalue weighted by Crippen LogP contribution is -2.60. The van der Waals surface area contributed by atoms with Gasteiger partial charge in [-0.25, -0.2) is 0 Å². The van der Waals surface area contributed by atoms with Crippen molar-refractivity contribution in [2.24, 2.45) is 0 Å². The van der Waals surface area contributed by atoms with Crippen LogP contribution in [-0.4, -0.2) is 96.0 Å². The van der Waals surface area contributed by atoms with Crippen molar-refractivity contribution >= 4 is 22.1 Å². The summed E-state index contributed by atoms with van der Waals surface area (Å²) in [5, 5.41) is 31.0. The summed E-state index contributed by atoms with van der Waals surface area (Å²) in [4.78, 5) is 25.6. The van der Waals surface area contributed by atoms with E-state index in [-0.39, 0.29) is 19.4 Å². The van der Waals surface area contributed by atoms with Crippen LogP contribution in [0.2, 0.25) is 0 Å². The van der Waals surface area contributed by atoms with Crippen molar-refractivity contribution in [1.29, 1.82) is 0 Å². The highest BCUT2D eigenvalue weighted by molar-refractivity contribution is 7.85. The fourth-order valence-electron chi connectivity index (χ4n) is 8.44. The molecule has 0 aromatic heterocycles. The SMILES string of the molecule is CC/C=C\C/C=C\C/C=C\C/C=C\CCCCCCCCC(=O)OC(COC(=O)CCCCCCCCCCCCCCCCCCCCCCCC)COC1OC(CS(=O)(=O)O)C(O)C(O)C1O. The Labute approximate surface area is 420 Å². The molecule has 0 spiro atoms. The molecule has 402 valence electrons. The zero-order valence-corrected chi connectivity index (χ0v) is 44.2. The quantitative estimate of drug-likeness (QED) is 0.0196. The minimum Gasteiger partial charge on any atom is -0.462 e. The van der Waals surface area contributed by atoms with Gasteiger partial charge >= 0.3 is 11.9 Å². The number of esters is 2. The van der Waals surface area contributed by atoms with Gasteiger partial charge in [0.1, 0.15) is 36.8 Å². The average Bonchev–Trinajstić information content (AvgIpc) is 3.32. The fourth-order valence-corrected chi connectivity index (χ4v) is 9.13. The monoisotopic (exact) mass is 997 g/mol. The second-order valence-electron chi connectivity index (χ2n) is 19.2. The van der Waals surface area contributed by atoms with E-state index in [1.807, 2.05) is 0 Å². The van der Waals surface area contributed by atoms with Gasteiger partial charge in [-0.15, -0.1) is 0 Å². The van der Waals surface area contributed by atoms with E-state index in [9.17, 15) is 37.9 Å². The molecule has 1 saturated heterocycles. The summed E-state index contributed by atoms with van der Waals surface area (Å²) in [6.07, 6.45) is 47.2. The summed E-state index contributed by atoms with van der Waals surface area (Å²) in [7, 11) is -4.61. The Balaban J connectivity index is 2.33. The zero-order valence-electron chi connectivity index (χ0n) is 43.4. The van der Waals surface area contributed by atoms with Crippen molar-refractivity contribution in [3.8, 4) is 0 Å². The Morgan fingerprint density at radius 2 is 0.913 bits per heavy atom. The summed E-state index contributed by atoms with van der Waals surface area (Å²) in [5.41, 5.74) is 0. The molecule has 0 saturated carbocycles. The van der Waals surface area contributed by atoms with E-state index < -0.39 is 71.2 Å². The number of carbonyl (C=O) groups excluding carboxylic acids is 2. The van der Waals surface area contributed by atoms with Gasteiger partial charge < -0.3 is 34.3 Å². The Hall–Kier alpha value is -2.39. The van der Waals surface area contributed by atoms with Crippen LogP contribution >= 0.6 is 0 Å². The third-order valence-electron chi connectivity index (χ3n) is 12.7. The lowest BCUT2D eigenvalue weighted by molar-refractivity contribution is -0.297. The first-order valence-corrected chi connectivity index (χ1v) is 29.3. The molecule has 6 unspecified atom stereocenters. The van der Waals surface area contributed by atoms with Crippen molar-refractivity contribution in [2.75, 3.05) is 19.0 Å². The highest BCUT2D eigenvalue weighted by Crippen LogP contribution is 2.24. The van der Waals surface area contributed by atoms with E-state index in [1.54, 1.807) is 0 Å². The largest absolute Gasteiger partial charge is 0.462 e. The molecule has 0 aromatic carbocycles. The molecule has 6 atom stereocenters. The maximum Gasteiger partial charge on any atom is 0.306 e. The van der Waals surface area contributed by atoms with Crippen LogP contribution in [0.1, 0.15) is 239 Å². The van der Waals surface area contributed by atoms with Crippen LogP contribution in [-0.2, 0) is 38.7 Å². The first-order chi connectivity index (χ1) is 33.5. The normalized spacial score (nSPS) is 19.4. The standard InChI is InChI=1S/C56H100O12S/c1-3-5-7-9-11-13-15-17-19-21-23-24-25-27-28-30-32-34-36-38-40-42-44-51(57)65-46-49(47-66-56-55(61)54(60)53(59)50(68-56)48-69(62,63)64)67-52(58)45-43-41-39-37-35-33-31-29-26-22-20-18-16-14-12-10-8-6-4-2/h6,8,12,14,18,20,26,29,49-50,53-56,59-61H,3-5,7,9-11,13,15-17,19,21-25,27-28,30-48H2,1-2H3,(H,62,63,64)/b8-6-,14-12-,20-18-,29-26-. The molecular weight excluding hydrogens is 897 g/mol. The van der Waals surface area contributed by atoms with Gasteiger partial charge in [-0.05, 0) is 51.4 Å². The van der Waals surface area contributed by atoms with Gasteiger partial charge in [0, 0.05) is 12.8 Å². The maximum atomic E-state index is 12.9. The lowest BCUT2D eigenvalue weighted by atomic mass is 10.00. The van der Waals surface area contributed by atoms with E-state index in [4.69, 9.17) is 18.9 Å². The molecule has 1 rings (SSSR count). The van der Waals surface area contributed by atoms with Crippen molar-refractivity contribution in [2.45, 2.75) is 275 Å². The second-order valence-corrected chi connectivity index (χ2v) is 20.7. The summed E-state index contributed by atoms with van der Waals surface area (Å²) < 4.78 is 54.3. The van der Waals surface area contributed by atoms with Crippen LogP contribution in [0.4, 0.5) is 0 Å². The van der Waals surface area contributed by atoms with Crippen molar-refractivity contribution in [1.82, 2.24) is 0 Å². The van der Waals surface area contributed by atoms with E-state index in [0.29, 0.717) is 12.8 Å². The smallest absolute Gasteiger partial charge is 0.306 e. The molecule has 69 heavy (non-hydrogen) atoms. The predicted molar refractivity (Wildman–Crippen MR) is 279 cm³/mol. The highest BCUT2D eigenvalue weighted by Gasteiger charge is 2.46. The third-order valence-corrected chi connectivity index (χ3v) is 13.4. The summed E-state index contributed by atoms with van der Waals surface area (Å²) in [6, 6.07) is 0. The zero-order chi connectivity index (χ0) is 50.5. The summed E-state index contributed by atoms with van der Waals surface area (Å²) in [6.45, 7) is 3.68. The first kappa shape index (κ1) is 64.6. The Morgan fingerprint density at radius 1 is 0.507 bits per heavy atom. The van der Waals surface area contributed by atoms with Gasteiger partial charge in [0.15, 0.2) is 12.4 Å². The van der Waals surface area contributed by atoms with Gasteiger partial charge in [-0.3, -0.25) is 14.1 Å². The molecule has 12 nitrogen and oxygen atoms in total. The Kier molecular flexibility index (Phi) is 42.6. The van der Waals surface area contributed by atoms with Crippen LogP contribution in [0.25, 0.3) is 0 Å². The molecule has 1 aliphatic heterocycles. The van der Waals surface area contributed by atoms with E-state index >= 15 is 0 Å². The summed E-state index contributed by atoms with van der Waals surface area (Å²) in [5.74, 6) is -1.99. The number of rotatable bonds is 47. The lowest BCUT2D eigenvalue weighted by Gasteiger charge is -2.40. The number of hydrogen-bond donors (Lipinski definition) is 4. The number of unbranched alkanes of at least 4 members (excludes halogenated alkanes) is 27. The molecule has 1 heterocycles. The fraction of sp³-hybridized carbons (Fsp3) is 0.821. The van der Waals surface area contributed by atoms with Gasteiger partial charge in [0.05, 0.1) is 6.61 Å². The topological polar surface area (TPSA) is 186 Å². The predicted octanol–water partition coefficient (Wildman–Crippen LogP) is 13.1. The molecule has 0 aliphatic carbocycles. The van der Waals surface area contributed by atoms with Crippen LogP contribution < -0.4 is 0 Å². The molecule has 0 bridgehead atoms. The number of aliphatic hydroxyl groups excluding tert-OH is 3. The van der Waals surface area contributed by atoms with Gasteiger partial charge in [0.2, 0.25) is 0 Å². The van der Waals surface area contributed by atoms with Crippen molar-refractivity contribution in [3.63, 3.8) is 0 Å². The number of allylic oxidation sites excluding steroid dienone is 8. The van der Waals surface area contributed by atoms with Crippen molar-refractivity contribution in [3.05, 3.63) is 48.6 Å². The molecule has 13 heteroatoms. The van der Waals surface area contributed by atoms with Gasteiger partial charge in [0.25, 0.3) is 10.1 Å². The van der Waals surface area contributed by atoms with Crippen molar-refractivity contribution < 1.29 is 56.8 Å². The van der Waals surface area contributed by atoms with E-state index in [2.05, 4.69) is 62.5 Å². The van der Waals surface area contributed by atoms with E-state index in [0.717, 1.165) is 83.5 Å². The molecule has 1 fully saturated rings. The Bertz CT molecular complexity index is 1450. The highest BCUT2D eigenvalue weighted by atomic mass is 32.2. The minimum atomic E-state index is -4.61.